The predicted molar refractivity (Wildman–Crippen MR) is 101 cm³/mol. The van der Waals surface area contributed by atoms with Gasteiger partial charge in [-0.25, -0.2) is 14.3 Å². The van der Waals surface area contributed by atoms with E-state index < -0.39 is 5.60 Å². The van der Waals surface area contributed by atoms with Crippen molar-refractivity contribution in [3.05, 3.63) is 24.2 Å². The number of nitrogens with zero attached hydrogens (tertiary/aromatic N) is 3. The molecule has 0 spiro atoms. The van der Waals surface area contributed by atoms with E-state index in [0.717, 1.165) is 29.9 Å². The van der Waals surface area contributed by atoms with E-state index in [1.807, 2.05) is 44.5 Å². The lowest BCUT2D eigenvalue weighted by atomic mass is 9.84. The third-order valence-corrected chi connectivity index (χ3v) is 4.65. The molecule has 0 aromatic carbocycles. The molecule has 1 amide bonds. The zero-order chi connectivity index (χ0) is 18.7. The number of amides is 1. The Morgan fingerprint density at radius 1 is 1.35 bits per heavy atom. The van der Waals surface area contributed by atoms with Gasteiger partial charge in [0.1, 0.15) is 11.1 Å². The fourth-order valence-electron chi connectivity index (χ4n) is 3.50. The summed E-state index contributed by atoms with van der Waals surface area (Å²) >= 11 is 0. The molecule has 1 fully saturated rings. The van der Waals surface area contributed by atoms with Crippen LogP contribution < -0.4 is 10.6 Å². The first-order valence-corrected chi connectivity index (χ1v) is 9.36. The minimum Gasteiger partial charge on any atom is -0.444 e. The van der Waals surface area contributed by atoms with Crippen molar-refractivity contribution in [2.45, 2.75) is 65.0 Å². The molecule has 7 nitrogen and oxygen atoms in total. The monoisotopic (exact) mass is 359 g/mol. The minimum absolute atomic E-state index is 0.271. The predicted octanol–water partition coefficient (Wildman–Crippen LogP) is 3.53. The first kappa shape index (κ1) is 18.5. The van der Waals surface area contributed by atoms with Crippen LogP contribution in [0.15, 0.2) is 18.5 Å². The summed E-state index contributed by atoms with van der Waals surface area (Å²) in [5, 5.41) is 11.0. The van der Waals surface area contributed by atoms with Gasteiger partial charge >= 0.3 is 6.09 Å². The van der Waals surface area contributed by atoms with Gasteiger partial charge in [-0.3, -0.25) is 0 Å². The lowest BCUT2D eigenvalue weighted by Gasteiger charge is -2.33. The highest BCUT2D eigenvalue weighted by molar-refractivity contribution is 5.68. The summed E-state index contributed by atoms with van der Waals surface area (Å²) in [6, 6.07) is 2.30. The molecule has 1 aliphatic carbocycles. The van der Waals surface area contributed by atoms with Crippen LogP contribution >= 0.6 is 0 Å². The van der Waals surface area contributed by atoms with Crippen molar-refractivity contribution >= 4 is 17.4 Å². The molecule has 2 aromatic rings. The Bertz CT molecular complexity index is 765. The Morgan fingerprint density at radius 2 is 2.12 bits per heavy atom. The van der Waals surface area contributed by atoms with E-state index in [1.165, 1.54) is 12.8 Å². The maximum atomic E-state index is 12.0. The van der Waals surface area contributed by atoms with E-state index in [-0.39, 0.29) is 12.1 Å². The van der Waals surface area contributed by atoms with Crippen molar-refractivity contribution in [2.24, 2.45) is 5.92 Å². The van der Waals surface area contributed by atoms with Gasteiger partial charge < -0.3 is 15.4 Å². The van der Waals surface area contributed by atoms with E-state index in [9.17, 15) is 4.79 Å². The van der Waals surface area contributed by atoms with Crippen molar-refractivity contribution in [2.75, 3.05) is 11.9 Å². The van der Waals surface area contributed by atoms with Crippen LogP contribution in [0.4, 0.5) is 10.6 Å². The van der Waals surface area contributed by atoms with Crippen molar-refractivity contribution < 1.29 is 9.53 Å². The zero-order valence-electron chi connectivity index (χ0n) is 16.1. The van der Waals surface area contributed by atoms with Gasteiger partial charge in [-0.05, 0) is 52.5 Å². The highest BCUT2D eigenvalue weighted by Gasteiger charge is 2.27. The van der Waals surface area contributed by atoms with Crippen LogP contribution in [0, 0.1) is 12.8 Å². The van der Waals surface area contributed by atoms with Gasteiger partial charge in [0.15, 0.2) is 5.82 Å². The average molecular weight is 359 g/mol. The number of fused-ring (bicyclic) bond motifs is 1. The number of nitrogens with one attached hydrogen (secondary N) is 2. The molecule has 2 heterocycles. The van der Waals surface area contributed by atoms with E-state index in [2.05, 4.69) is 20.7 Å². The Balaban J connectivity index is 1.66. The number of hydrogen-bond acceptors (Lipinski definition) is 5. The molecular formula is C19H29N5O2. The molecule has 2 atom stereocenters. The van der Waals surface area contributed by atoms with Crippen LogP contribution in [0.1, 0.15) is 52.1 Å². The molecule has 2 aromatic heterocycles. The number of anilines is 1. The molecule has 0 radical (unpaired) electrons. The standard InChI is InChI=1S/C19H29N5O2/c1-13-11-16-17(20-9-10-24(16)23-13)22-15-8-6-5-7-14(15)12-21-18(25)26-19(2,3)4/h9-11,14-15H,5-8,12H2,1-4H3,(H,20,22)(H,21,25). The summed E-state index contributed by atoms with van der Waals surface area (Å²) in [6.07, 6.45) is 7.78. The highest BCUT2D eigenvalue weighted by Crippen LogP contribution is 2.28. The second-order valence-corrected chi connectivity index (χ2v) is 8.07. The van der Waals surface area contributed by atoms with Crippen molar-refractivity contribution in [3.8, 4) is 0 Å². The molecule has 7 heteroatoms. The third-order valence-electron chi connectivity index (χ3n) is 4.65. The first-order valence-electron chi connectivity index (χ1n) is 9.36. The number of hydrogen-bond donors (Lipinski definition) is 2. The Morgan fingerprint density at radius 3 is 2.88 bits per heavy atom. The maximum absolute atomic E-state index is 12.0. The summed E-state index contributed by atoms with van der Waals surface area (Å²) in [6.45, 7) is 8.20. The highest BCUT2D eigenvalue weighted by atomic mass is 16.6. The second kappa shape index (κ2) is 7.51. The maximum Gasteiger partial charge on any atom is 0.407 e. The summed E-state index contributed by atoms with van der Waals surface area (Å²) < 4.78 is 7.20. The molecule has 1 aliphatic rings. The zero-order valence-corrected chi connectivity index (χ0v) is 16.1. The minimum atomic E-state index is -0.478. The summed E-state index contributed by atoms with van der Waals surface area (Å²) in [7, 11) is 0. The average Bonchev–Trinajstić information content (AvgIpc) is 2.94. The number of rotatable bonds is 4. The van der Waals surface area contributed by atoms with Crippen LogP contribution in [0.5, 0.6) is 0 Å². The number of aromatic nitrogens is 3. The third kappa shape index (κ3) is 4.65. The SMILES string of the molecule is Cc1cc2c(NC3CCCCC3CNC(=O)OC(C)(C)C)nccn2n1. The molecule has 0 aliphatic heterocycles. The molecule has 142 valence electrons. The number of carbonyl (C=O) groups excluding carboxylic acids is 1. The molecular weight excluding hydrogens is 330 g/mol. The molecule has 3 rings (SSSR count). The number of ether oxygens (including phenoxy) is 1. The van der Waals surface area contributed by atoms with Crippen molar-refractivity contribution in [1.29, 1.82) is 0 Å². The smallest absolute Gasteiger partial charge is 0.407 e. The van der Waals surface area contributed by atoms with Gasteiger partial charge in [-0.15, -0.1) is 0 Å². The molecule has 2 N–H and O–H groups in total. The second-order valence-electron chi connectivity index (χ2n) is 8.07. The first-order chi connectivity index (χ1) is 12.3. The van der Waals surface area contributed by atoms with Gasteiger partial charge in [0, 0.05) is 25.0 Å². The van der Waals surface area contributed by atoms with Gasteiger partial charge in [0.05, 0.1) is 5.69 Å². The Hall–Kier alpha value is -2.31. The number of carbonyl (C=O) groups is 1. The van der Waals surface area contributed by atoms with Gasteiger partial charge in [0.25, 0.3) is 0 Å². The number of aryl methyl sites for hydroxylation is 1. The van der Waals surface area contributed by atoms with E-state index in [0.29, 0.717) is 12.5 Å². The lowest BCUT2D eigenvalue weighted by molar-refractivity contribution is 0.0514. The van der Waals surface area contributed by atoms with Crippen LogP contribution in [0.25, 0.3) is 5.52 Å². The van der Waals surface area contributed by atoms with E-state index in [4.69, 9.17) is 4.74 Å². The normalized spacial score (nSPS) is 20.8. The summed E-state index contributed by atoms with van der Waals surface area (Å²) in [5.41, 5.74) is 1.47. The molecule has 2 unspecified atom stereocenters. The molecule has 1 saturated carbocycles. The topological polar surface area (TPSA) is 80.5 Å². The molecule has 0 bridgehead atoms. The lowest BCUT2D eigenvalue weighted by Crippen LogP contribution is -2.42. The van der Waals surface area contributed by atoms with Crippen LogP contribution in [0.2, 0.25) is 0 Å². The molecule has 0 saturated heterocycles. The van der Waals surface area contributed by atoms with Gasteiger partial charge in [-0.2, -0.15) is 5.10 Å². The van der Waals surface area contributed by atoms with Crippen LogP contribution in [0.3, 0.4) is 0 Å². The fourth-order valence-corrected chi connectivity index (χ4v) is 3.50. The van der Waals surface area contributed by atoms with Gasteiger partial charge in [-0.1, -0.05) is 12.8 Å². The molecule has 26 heavy (non-hydrogen) atoms. The van der Waals surface area contributed by atoms with Crippen molar-refractivity contribution in [1.82, 2.24) is 19.9 Å². The van der Waals surface area contributed by atoms with Crippen molar-refractivity contribution in [3.63, 3.8) is 0 Å². The number of alkyl carbamates (subject to hydrolysis) is 1. The quantitative estimate of drug-likeness (QED) is 0.873. The Labute approximate surface area is 154 Å². The van der Waals surface area contributed by atoms with Crippen LogP contribution in [-0.2, 0) is 4.74 Å². The summed E-state index contributed by atoms with van der Waals surface area (Å²) in [5.74, 6) is 1.20. The van der Waals surface area contributed by atoms with Gasteiger partial charge in [0.2, 0.25) is 0 Å². The van der Waals surface area contributed by atoms with E-state index in [1.54, 1.807) is 6.20 Å². The van der Waals surface area contributed by atoms with E-state index >= 15 is 0 Å². The summed E-state index contributed by atoms with van der Waals surface area (Å²) in [4.78, 5) is 16.5. The Kier molecular flexibility index (Phi) is 5.34. The van der Waals surface area contributed by atoms with Crippen LogP contribution in [-0.4, -0.2) is 38.9 Å². The fraction of sp³-hybridized carbons (Fsp3) is 0.632. The largest absolute Gasteiger partial charge is 0.444 e.